The van der Waals surface area contributed by atoms with Gasteiger partial charge in [-0.05, 0) is 66.9 Å². The highest BCUT2D eigenvalue weighted by Crippen LogP contribution is 2.39. The molecule has 2 heterocycles. The highest BCUT2D eigenvalue weighted by Gasteiger charge is 2.26. The summed E-state index contributed by atoms with van der Waals surface area (Å²) in [4.78, 5) is 15.6. The average Bonchev–Trinajstić information content (AvgIpc) is 3.57. The molecule has 1 atom stereocenters. The van der Waals surface area contributed by atoms with Crippen LogP contribution in [0.2, 0.25) is 5.02 Å². The van der Waals surface area contributed by atoms with Gasteiger partial charge in [0.2, 0.25) is 5.91 Å². The summed E-state index contributed by atoms with van der Waals surface area (Å²) in [5.74, 6) is -0.667. The molecule has 7 heteroatoms. The van der Waals surface area contributed by atoms with Gasteiger partial charge in [-0.1, -0.05) is 54.1 Å². The fourth-order valence-electron chi connectivity index (χ4n) is 5.38. The molecule has 1 aliphatic heterocycles. The Morgan fingerprint density at radius 2 is 1.79 bits per heavy atom. The van der Waals surface area contributed by atoms with Crippen molar-refractivity contribution < 1.29 is 9.18 Å². The zero-order valence-corrected chi connectivity index (χ0v) is 21.9. The lowest BCUT2D eigenvalue weighted by Gasteiger charge is -2.20. The number of hydrogen-bond donors (Lipinski definition) is 1. The lowest BCUT2D eigenvalue weighted by atomic mass is 9.87. The summed E-state index contributed by atoms with van der Waals surface area (Å²) in [5.41, 5.74) is 4.09. The second-order valence-corrected chi connectivity index (χ2v) is 10.2. The summed E-state index contributed by atoms with van der Waals surface area (Å²) in [7, 11) is 0. The van der Waals surface area contributed by atoms with Gasteiger partial charge in [0, 0.05) is 49.1 Å². The van der Waals surface area contributed by atoms with Crippen molar-refractivity contribution in [3.8, 4) is 6.07 Å². The van der Waals surface area contributed by atoms with E-state index in [1.54, 1.807) is 18.2 Å². The van der Waals surface area contributed by atoms with Crippen molar-refractivity contribution in [2.45, 2.75) is 31.7 Å². The fraction of sp³-hybridized carbons (Fsp3) is 0.290. The molecule has 1 fully saturated rings. The van der Waals surface area contributed by atoms with E-state index in [1.807, 2.05) is 36.4 Å². The predicted molar refractivity (Wildman–Crippen MR) is 149 cm³/mol. The molecule has 38 heavy (non-hydrogen) atoms. The minimum atomic E-state index is -0.345. The molecule has 0 radical (unpaired) electrons. The van der Waals surface area contributed by atoms with Crippen molar-refractivity contribution in [1.29, 1.82) is 5.26 Å². The third-order valence-corrected chi connectivity index (χ3v) is 7.75. The molecule has 5 nitrogen and oxygen atoms in total. The van der Waals surface area contributed by atoms with E-state index < -0.39 is 0 Å². The first-order valence-corrected chi connectivity index (χ1v) is 13.4. The van der Waals surface area contributed by atoms with E-state index in [-0.39, 0.29) is 24.1 Å². The Balaban J connectivity index is 1.49. The maximum absolute atomic E-state index is 13.5. The Labute approximate surface area is 227 Å². The van der Waals surface area contributed by atoms with Crippen LogP contribution in [0, 0.1) is 17.1 Å². The molecule has 1 N–H and O–H groups in total. The molecule has 1 saturated heterocycles. The van der Waals surface area contributed by atoms with Gasteiger partial charge in [0.15, 0.2) is 0 Å². The van der Waals surface area contributed by atoms with Crippen molar-refractivity contribution in [1.82, 2.24) is 14.8 Å². The van der Waals surface area contributed by atoms with Gasteiger partial charge < -0.3 is 14.8 Å². The van der Waals surface area contributed by atoms with Gasteiger partial charge in [-0.2, -0.15) is 5.26 Å². The van der Waals surface area contributed by atoms with E-state index in [4.69, 9.17) is 11.6 Å². The maximum atomic E-state index is 13.5. The molecule has 5 rings (SSSR count). The smallest absolute Gasteiger partial charge is 0.220 e. The van der Waals surface area contributed by atoms with E-state index in [2.05, 4.69) is 27.0 Å². The minimum absolute atomic E-state index is 0.0528. The lowest BCUT2D eigenvalue weighted by molar-refractivity contribution is -0.121. The van der Waals surface area contributed by atoms with Gasteiger partial charge in [0.05, 0.1) is 10.6 Å². The van der Waals surface area contributed by atoms with Crippen LogP contribution in [0.5, 0.6) is 0 Å². The van der Waals surface area contributed by atoms with Gasteiger partial charge in [-0.25, -0.2) is 4.39 Å². The second-order valence-electron chi connectivity index (χ2n) is 9.83. The number of carbonyl (C=O) groups excluding carboxylic acids is 1. The molecule has 0 aliphatic carbocycles. The first-order chi connectivity index (χ1) is 18.5. The number of carbonyl (C=O) groups is 1. The van der Waals surface area contributed by atoms with Gasteiger partial charge in [0.1, 0.15) is 11.9 Å². The monoisotopic (exact) mass is 528 g/mol. The van der Waals surface area contributed by atoms with Crippen LogP contribution >= 0.6 is 11.6 Å². The molecule has 1 unspecified atom stereocenters. The summed E-state index contributed by atoms with van der Waals surface area (Å²) in [5, 5.41) is 14.1. The summed E-state index contributed by atoms with van der Waals surface area (Å²) in [6.07, 6.45) is 4.70. The van der Waals surface area contributed by atoms with Crippen LogP contribution in [0.15, 0.2) is 72.9 Å². The summed E-state index contributed by atoms with van der Waals surface area (Å²) < 4.78 is 15.6. The number of benzene rings is 3. The van der Waals surface area contributed by atoms with Crippen molar-refractivity contribution in [2.75, 3.05) is 26.2 Å². The largest absolute Gasteiger partial charge is 0.355 e. The Kier molecular flexibility index (Phi) is 8.07. The Bertz CT molecular complexity index is 1470. The van der Waals surface area contributed by atoms with Gasteiger partial charge in [-0.15, -0.1) is 0 Å². The molecular formula is C31H30ClFN4O. The standard InChI is InChI=1S/C31H30ClFN4O/c32-31-23(19-34)6-5-8-26(31)27(18-30(38)35-14-17-36-15-3-4-16-36)28-21-37(29-9-2-1-7-25(28)29)20-22-10-12-24(33)13-11-22/h1-2,5-13,21,27H,3-4,14-18,20H2,(H,35,38). The Hall–Kier alpha value is -3.66. The molecule has 1 amide bonds. The fourth-order valence-corrected chi connectivity index (χ4v) is 5.68. The number of aromatic nitrogens is 1. The molecule has 1 aromatic heterocycles. The SMILES string of the molecule is N#Cc1cccc(C(CC(=O)NCCN2CCCC2)c2cn(Cc3ccc(F)cc3)c3ccccc23)c1Cl. The van der Waals surface area contributed by atoms with Crippen LogP contribution in [0.1, 0.15) is 47.4 Å². The van der Waals surface area contributed by atoms with Crippen LogP contribution in [0.4, 0.5) is 4.39 Å². The molecule has 194 valence electrons. The van der Waals surface area contributed by atoms with Crippen LogP contribution in [-0.4, -0.2) is 41.6 Å². The van der Waals surface area contributed by atoms with E-state index in [0.717, 1.165) is 47.2 Å². The number of rotatable bonds is 9. The molecule has 0 bridgehead atoms. The normalized spacial score (nSPS) is 14.4. The number of likely N-dealkylation sites (tertiary alicyclic amines) is 1. The van der Waals surface area contributed by atoms with Gasteiger partial charge in [0.25, 0.3) is 0 Å². The van der Waals surface area contributed by atoms with E-state index >= 15 is 0 Å². The average molecular weight is 529 g/mol. The Morgan fingerprint density at radius 1 is 1.03 bits per heavy atom. The van der Waals surface area contributed by atoms with Crippen molar-refractivity contribution >= 4 is 28.4 Å². The number of halogens is 2. The second kappa shape index (κ2) is 11.8. The van der Waals surface area contributed by atoms with Crippen LogP contribution < -0.4 is 5.32 Å². The highest BCUT2D eigenvalue weighted by molar-refractivity contribution is 6.32. The molecule has 0 spiro atoms. The number of hydrogen-bond acceptors (Lipinski definition) is 3. The highest BCUT2D eigenvalue weighted by atomic mass is 35.5. The zero-order valence-electron chi connectivity index (χ0n) is 21.2. The molecule has 4 aromatic rings. The molecule has 3 aromatic carbocycles. The van der Waals surface area contributed by atoms with Crippen molar-refractivity contribution in [3.05, 3.63) is 106 Å². The van der Waals surface area contributed by atoms with Gasteiger partial charge in [-0.3, -0.25) is 4.79 Å². The summed E-state index contributed by atoms with van der Waals surface area (Å²) in [6.45, 7) is 4.18. The van der Waals surface area contributed by atoms with Gasteiger partial charge >= 0.3 is 0 Å². The number of fused-ring (bicyclic) bond motifs is 1. The van der Waals surface area contributed by atoms with Crippen LogP contribution in [-0.2, 0) is 11.3 Å². The van der Waals surface area contributed by atoms with E-state index in [0.29, 0.717) is 23.7 Å². The minimum Gasteiger partial charge on any atom is -0.355 e. The van der Waals surface area contributed by atoms with Crippen LogP contribution in [0.3, 0.4) is 0 Å². The quantitative estimate of drug-likeness (QED) is 0.286. The number of para-hydroxylation sites is 1. The number of nitrogens with one attached hydrogen (secondary N) is 1. The van der Waals surface area contributed by atoms with E-state index in [1.165, 1.54) is 25.0 Å². The lowest BCUT2D eigenvalue weighted by Crippen LogP contribution is -2.34. The topological polar surface area (TPSA) is 61.1 Å². The summed E-state index contributed by atoms with van der Waals surface area (Å²) >= 11 is 6.73. The van der Waals surface area contributed by atoms with Crippen molar-refractivity contribution in [2.24, 2.45) is 0 Å². The first kappa shape index (κ1) is 26.0. The molecule has 1 aliphatic rings. The van der Waals surface area contributed by atoms with Crippen molar-refractivity contribution in [3.63, 3.8) is 0 Å². The summed E-state index contributed by atoms with van der Waals surface area (Å²) in [6, 6.07) is 22.1. The third-order valence-electron chi connectivity index (χ3n) is 7.32. The molecular weight excluding hydrogens is 499 g/mol. The number of amides is 1. The zero-order chi connectivity index (χ0) is 26.5. The molecule has 0 saturated carbocycles. The predicted octanol–water partition coefficient (Wildman–Crippen LogP) is 6.09. The number of nitrogens with zero attached hydrogens (tertiary/aromatic N) is 3. The first-order valence-electron chi connectivity index (χ1n) is 13.0. The third kappa shape index (κ3) is 5.75. The maximum Gasteiger partial charge on any atom is 0.220 e. The van der Waals surface area contributed by atoms with E-state index in [9.17, 15) is 14.4 Å². The Morgan fingerprint density at radius 3 is 2.55 bits per heavy atom. The number of nitriles is 1. The van der Waals surface area contributed by atoms with Crippen LogP contribution in [0.25, 0.3) is 10.9 Å².